The van der Waals surface area contributed by atoms with E-state index in [1.165, 1.54) is 6.92 Å². The van der Waals surface area contributed by atoms with E-state index in [1.807, 2.05) is 4.72 Å². The van der Waals surface area contributed by atoms with Gasteiger partial charge in [0.05, 0.1) is 9.85 Å². The van der Waals surface area contributed by atoms with Crippen LogP contribution in [0.2, 0.25) is 0 Å². The highest BCUT2D eigenvalue weighted by atomic mass is 32.2. The van der Waals surface area contributed by atoms with Crippen LogP contribution in [0, 0.1) is 27.2 Å². The highest BCUT2D eigenvalue weighted by Gasteiger charge is 2.37. The molecule has 11 heteroatoms. The topological polar surface area (TPSA) is 144 Å². The van der Waals surface area contributed by atoms with Crippen LogP contribution in [0.5, 0.6) is 0 Å². The molecule has 0 fully saturated rings. The zero-order valence-electron chi connectivity index (χ0n) is 13.1. The molecule has 0 aliphatic rings. The summed E-state index contributed by atoms with van der Waals surface area (Å²) in [6.07, 6.45) is 0.538. The number of nitro groups is 2. The minimum absolute atomic E-state index is 0.0764. The second-order valence-corrected chi connectivity index (χ2v) is 6.76. The first-order chi connectivity index (χ1) is 10.6. The zero-order valence-corrected chi connectivity index (χ0v) is 13.9. The molecule has 10 nitrogen and oxygen atoms in total. The molecule has 1 aromatic rings. The standard InChI is InChI=1S/C12H18N4O6S/c1-5-8(3)14-10-9(15(17)18)6-7(2)12(11(10)16(19)20)23(21,22)13-4/h6,8,13-14H,5H2,1-4H3. The van der Waals surface area contributed by atoms with Crippen molar-refractivity contribution < 1.29 is 18.3 Å². The Kier molecular flexibility index (Phi) is 5.61. The fourth-order valence-corrected chi connectivity index (χ4v) is 3.13. The predicted molar refractivity (Wildman–Crippen MR) is 84.1 cm³/mol. The minimum atomic E-state index is -4.17. The second-order valence-electron chi connectivity index (χ2n) is 4.94. The summed E-state index contributed by atoms with van der Waals surface area (Å²) in [5.74, 6) is 0. The highest BCUT2D eigenvalue weighted by molar-refractivity contribution is 7.89. The van der Waals surface area contributed by atoms with Crippen molar-refractivity contribution in [2.75, 3.05) is 12.4 Å². The van der Waals surface area contributed by atoms with Crippen molar-refractivity contribution in [3.8, 4) is 0 Å². The van der Waals surface area contributed by atoms with Gasteiger partial charge in [0.25, 0.3) is 5.69 Å². The minimum Gasteiger partial charge on any atom is -0.371 e. The molecule has 0 saturated carbocycles. The third-order valence-electron chi connectivity index (χ3n) is 3.34. The van der Waals surface area contributed by atoms with Crippen molar-refractivity contribution in [2.45, 2.75) is 38.1 Å². The number of nitrogens with zero attached hydrogens (tertiary/aromatic N) is 2. The Morgan fingerprint density at radius 3 is 2.22 bits per heavy atom. The van der Waals surface area contributed by atoms with Crippen LogP contribution in [-0.4, -0.2) is 31.4 Å². The van der Waals surface area contributed by atoms with Gasteiger partial charge in [0.1, 0.15) is 0 Å². The molecule has 1 unspecified atom stereocenters. The van der Waals surface area contributed by atoms with Crippen LogP contribution in [0.25, 0.3) is 0 Å². The summed E-state index contributed by atoms with van der Waals surface area (Å²) in [6.45, 7) is 4.74. The van der Waals surface area contributed by atoms with Crippen molar-refractivity contribution in [1.29, 1.82) is 0 Å². The molecule has 0 amide bonds. The van der Waals surface area contributed by atoms with Gasteiger partial charge in [0.15, 0.2) is 10.6 Å². The summed E-state index contributed by atoms with van der Waals surface area (Å²) in [6, 6.07) is 0.697. The number of sulfonamides is 1. The fraction of sp³-hybridized carbons (Fsp3) is 0.500. The Balaban J connectivity index is 3.92. The third kappa shape index (κ3) is 3.74. The van der Waals surface area contributed by atoms with Crippen LogP contribution in [0.4, 0.5) is 17.1 Å². The number of rotatable bonds is 7. The molecule has 0 spiro atoms. The number of benzene rings is 1. The lowest BCUT2D eigenvalue weighted by molar-refractivity contribution is -0.394. The Morgan fingerprint density at radius 2 is 1.83 bits per heavy atom. The maximum Gasteiger partial charge on any atom is 0.319 e. The first-order valence-corrected chi connectivity index (χ1v) is 8.21. The molecule has 1 aromatic carbocycles. The van der Waals surface area contributed by atoms with Gasteiger partial charge in [-0.3, -0.25) is 20.2 Å². The van der Waals surface area contributed by atoms with Crippen molar-refractivity contribution >= 4 is 27.1 Å². The number of nitro benzene ring substituents is 2. The van der Waals surface area contributed by atoms with Crippen LogP contribution in [0.1, 0.15) is 25.8 Å². The van der Waals surface area contributed by atoms with E-state index in [0.717, 1.165) is 13.1 Å². The molecule has 23 heavy (non-hydrogen) atoms. The average Bonchev–Trinajstić information content (AvgIpc) is 2.46. The van der Waals surface area contributed by atoms with Gasteiger partial charge in [0, 0.05) is 12.1 Å². The molecule has 2 N–H and O–H groups in total. The largest absolute Gasteiger partial charge is 0.371 e. The van der Waals surface area contributed by atoms with Crippen molar-refractivity contribution in [3.05, 3.63) is 31.9 Å². The molecule has 0 heterocycles. The van der Waals surface area contributed by atoms with Gasteiger partial charge >= 0.3 is 5.69 Å². The van der Waals surface area contributed by atoms with Crippen molar-refractivity contribution in [1.82, 2.24) is 4.72 Å². The van der Waals surface area contributed by atoms with Gasteiger partial charge in [-0.15, -0.1) is 0 Å². The summed E-state index contributed by atoms with van der Waals surface area (Å²) < 4.78 is 26.3. The van der Waals surface area contributed by atoms with Crippen LogP contribution >= 0.6 is 0 Å². The van der Waals surface area contributed by atoms with Gasteiger partial charge in [-0.25, -0.2) is 13.1 Å². The zero-order chi connectivity index (χ0) is 17.9. The lowest BCUT2D eigenvalue weighted by atomic mass is 10.1. The molecule has 0 radical (unpaired) electrons. The van der Waals surface area contributed by atoms with E-state index in [1.54, 1.807) is 13.8 Å². The number of hydrogen-bond acceptors (Lipinski definition) is 7. The molecule has 0 saturated heterocycles. The van der Waals surface area contributed by atoms with Crippen LogP contribution < -0.4 is 10.0 Å². The normalized spacial score (nSPS) is 12.7. The van der Waals surface area contributed by atoms with Gasteiger partial charge in [-0.1, -0.05) is 6.92 Å². The molecule has 0 aromatic heterocycles. The summed E-state index contributed by atoms with van der Waals surface area (Å²) in [5.41, 5.74) is -1.85. The van der Waals surface area contributed by atoms with Gasteiger partial charge in [-0.05, 0) is 32.9 Å². The van der Waals surface area contributed by atoms with Gasteiger partial charge in [0.2, 0.25) is 10.0 Å². The fourth-order valence-electron chi connectivity index (χ4n) is 2.01. The molecular weight excluding hydrogens is 328 g/mol. The first-order valence-electron chi connectivity index (χ1n) is 6.73. The van der Waals surface area contributed by atoms with Crippen molar-refractivity contribution in [2.24, 2.45) is 0 Å². The quantitative estimate of drug-likeness (QED) is 0.566. The molecule has 128 valence electrons. The lowest BCUT2D eigenvalue weighted by Crippen LogP contribution is -2.23. The van der Waals surface area contributed by atoms with E-state index in [2.05, 4.69) is 5.32 Å². The average molecular weight is 346 g/mol. The van der Waals surface area contributed by atoms with E-state index in [9.17, 15) is 28.6 Å². The lowest BCUT2D eigenvalue weighted by Gasteiger charge is -2.16. The van der Waals surface area contributed by atoms with E-state index in [4.69, 9.17) is 0 Å². The molecule has 0 bridgehead atoms. The Morgan fingerprint density at radius 1 is 1.26 bits per heavy atom. The number of hydrogen-bond donors (Lipinski definition) is 2. The molecular formula is C12H18N4O6S. The molecule has 0 aliphatic carbocycles. The summed E-state index contributed by atoms with van der Waals surface area (Å²) >= 11 is 0. The van der Waals surface area contributed by atoms with E-state index in [-0.39, 0.29) is 11.6 Å². The summed E-state index contributed by atoms with van der Waals surface area (Å²) in [5, 5.41) is 25.4. The van der Waals surface area contributed by atoms with Crippen molar-refractivity contribution in [3.63, 3.8) is 0 Å². The maximum atomic E-state index is 12.1. The molecule has 0 aliphatic heterocycles. The van der Waals surface area contributed by atoms with E-state index >= 15 is 0 Å². The Bertz CT molecular complexity index is 746. The third-order valence-corrected chi connectivity index (χ3v) is 4.93. The Labute approximate surface area is 133 Å². The Hall–Kier alpha value is -2.27. The van der Waals surface area contributed by atoms with E-state index in [0.29, 0.717) is 6.42 Å². The highest BCUT2D eigenvalue weighted by Crippen LogP contribution is 2.42. The monoisotopic (exact) mass is 346 g/mol. The number of anilines is 1. The summed E-state index contributed by atoms with van der Waals surface area (Å²) in [4.78, 5) is 20.4. The number of nitrogens with one attached hydrogen (secondary N) is 2. The van der Waals surface area contributed by atoms with Crippen LogP contribution in [0.3, 0.4) is 0 Å². The van der Waals surface area contributed by atoms with Gasteiger partial charge in [-0.2, -0.15) is 0 Å². The molecule has 1 rings (SSSR count). The first kappa shape index (κ1) is 18.8. The predicted octanol–water partition coefficient (Wildman–Crippen LogP) is 1.93. The van der Waals surface area contributed by atoms with Gasteiger partial charge < -0.3 is 5.32 Å². The molecule has 1 atom stereocenters. The number of aryl methyl sites for hydroxylation is 1. The maximum absolute atomic E-state index is 12.1. The summed E-state index contributed by atoms with van der Waals surface area (Å²) in [7, 11) is -3.05. The van der Waals surface area contributed by atoms with Crippen LogP contribution in [-0.2, 0) is 10.0 Å². The second kappa shape index (κ2) is 6.87. The van der Waals surface area contributed by atoms with E-state index < -0.39 is 41.8 Å². The van der Waals surface area contributed by atoms with Crippen LogP contribution in [0.15, 0.2) is 11.0 Å². The SMILES string of the molecule is CCC(C)Nc1c([N+](=O)[O-])cc(C)c(S(=O)(=O)NC)c1[N+](=O)[O-]. The smallest absolute Gasteiger partial charge is 0.319 e.